The van der Waals surface area contributed by atoms with E-state index in [0.717, 1.165) is 50.8 Å². The van der Waals surface area contributed by atoms with Crippen LogP contribution < -0.4 is 10.6 Å². The highest BCUT2D eigenvalue weighted by molar-refractivity contribution is 5.46. The third kappa shape index (κ3) is 3.85. The Balaban J connectivity index is 1.82. The monoisotopic (exact) mass is 236 g/mol. The Morgan fingerprint density at radius 1 is 1.35 bits per heavy atom. The fourth-order valence-electron chi connectivity index (χ4n) is 1.80. The maximum absolute atomic E-state index is 5.34. The van der Waals surface area contributed by atoms with Crippen molar-refractivity contribution in [2.45, 2.75) is 19.8 Å². The van der Waals surface area contributed by atoms with Gasteiger partial charge in [-0.15, -0.1) is 0 Å². The largest absolute Gasteiger partial charge is 0.381 e. The van der Waals surface area contributed by atoms with Crippen molar-refractivity contribution in [1.29, 1.82) is 0 Å². The van der Waals surface area contributed by atoms with Gasteiger partial charge in [0.25, 0.3) is 0 Å². The van der Waals surface area contributed by atoms with E-state index < -0.39 is 0 Å². The summed E-state index contributed by atoms with van der Waals surface area (Å²) in [6.45, 7) is 5.74. The van der Waals surface area contributed by atoms with Gasteiger partial charge in [-0.05, 0) is 12.8 Å². The van der Waals surface area contributed by atoms with Crippen LogP contribution in [0.5, 0.6) is 0 Å². The molecule has 2 rings (SSSR count). The minimum atomic E-state index is 0.608. The number of nitrogens with one attached hydrogen (secondary N) is 2. The Bertz CT molecular complexity index is 339. The molecule has 0 bridgehead atoms. The molecular weight excluding hydrogens is 216 g/mol. The van der Waals surface area contributed by atoms with Gasteiger partial charge in [-0.1, -0.05) is 6.92 Å². The van der Waals surface area contributed by atoms with Gasteiger partial charge >= 0.3 is 0 Å². The molecule has 94 valence electrons. The first-order valence-corrected chi connectivity index (χ1v) is 6.26. The number of ether oxygens (including phenoxy) is 1. The average molecular weight is 236 g/mol. The smallest absolute Gasteiger partial charge is 0.131 e. The highest BCUT2D eigenvalue weighted by Gasteiger charge is 2.15. The van der Waals surface area contributed by atoms with Crippen molar-refractivity contribution in [3.8, 4) is 0 Å². The second-order valence-electron chi connectivity index (χ2n) is 4.33. The van der Waals surface area contributed by atoms with E-state index in [2.05, 4.69) is 27.5 Å². The van der Waals surface area contributed by atoms with E-state index in [0.29, 0.717) is 5.92 Å². The van der Waals surface area contributed by atoms with Gasteiger partial charge < -0.3 is 15.4 Å². The number of hydrogen-bond acceptors (Lipinski definition) is 5. The average Bonchev–Trinajstić information content (AvgIpc) is 2.87. The molecular formula is C12H20N4O. The van der Waals surface area contributed by atoms with E-state index in [1.807, 2.05) is 6.07 Å². The molecule has 0 spiro atoms. The summed E-state index contributed by atoms with van der Waals surface area (Å²) in [5, 5.41) is 6.58. The van der Waals surface area contributed by atoms with Crippen LogP contribution in [0.1, 0.15) is 19.8 Å². The van der Waals surface area contributed by atoms with Crippen LogP contribution in [0.3, 0.4) is 0 Å². The van der Waals surface area contributed by atoms with Crippen molar-refractivity contribution >= 4 is 11.6 Å². The molecule has 1 atom stereocenters. The van der Waals surface area contributed by atoms with Gasteiger partial charge in [-0.25, -0.2) is 9.97 Å². The fraction of sp³-hybridized carbons (Fsp3) is 0.667. The number of hydrogen-bond donors (Lipinski definition) is 2. The van der Waals surface area contributed by atoms with Crippen LogP contribution in [0.15, 0.2) is 12.4 Å². The van der Waals surface area contributed by atoms with E-state index in [4.69, 9.17) is 4.74 Å². The number of anilines is 2. The van der Waals surface area contributed by atoms with E-state index in [-0.39, 0.29) is 0 Å². The molecule has 0 radical (unpaired) electrons. The van der Waals surface area contributed by atoms with Crippen molar-refractivity contribution in [2.24, 2.45) is 5.92 Å². The summed E-state index contributed by atoms with van der Waals surface area (Å²) in [6.07, 6.45) is 3.82. The van der Waals surface area contributed by atoms with Gasteiger partial charge in [0.2, 0.25) is 0 Å². The molecule has 1 aromatic rings. The molecule has 0 saturated carbocycles. The number of aromatic nitrogens is 2. The lowest BCUT2D eigenvalue weighted by molar-refractivity contribution is 0.187. The molecule has 1 unspecified atom stereocenters. The van der Waals surface area contributed by atoms with Crippen molar-refractivity contribution in [3.63, 3.8) is 0 Å². The molecule has 1 saturated heterocycles. The first kappa shape index (κ1) is 12.1. The molecule has 5 nitrogen and oxygen atoms in total. The van der Waals surface area contributed by atoms with E-state index in [1.165, 1.54) is 0 Å². The fourth-order valence-corrected chi connectivity index (χ4v) is 1.80. The second kappa shape index (κ2) is 6.39. The highest BCUT2D eigenvalue weighted by atomic mass is 16.5. The number of nitrogens with zero attached hydrogens (tertiary/aromatic N) is 2. The summed E-state index contributed by atoms with van der Waals surface area (Å²) < 4.78 is 5.34. The Labute approximate surface area is 102 Å². The molecule has 1 fully saturated rings. The third-order valence-corrected chi connectivity index (χ3v) is 2.82. The Hall–Kier alpha value is -1.36. The van der Waals surface area contributed by atoms with Gasteiger partial charge in [0.15, 0.2) is 0 Å². The van der Waals surface area contributed by atoms with Crippen LogP contribution in [-0.4, -0.2) is 36.3 Å². The van der Waals surface area contributed by atoms with Crippen LogP contribution in [0.2, 0.25) is 0 Å². The van der Waals surface area contributed by atoms with Gasteiger partial charge in [0.1, 0.15) is 18.0 Å². The third-order valence-electron chi connectivity index (χ3n) is 2.82. The highest BCUT2D eigenvalue weighted by Crippen LogP contribution is 2.14. The Kier molecular flexibility index (Phi) is 4.55. The lowest BCUT2D eigenvalue weighted by atomic mass is 10.1. The molecule has 0 amide bonds. The van der Waals surface area contributed by atoms with Gasteiger partial charge in [-0.3, -0.25) is 0 Å². The molecule has 17 heavy (non-hydrogen) atoms. The van der Waals surface area contributed by atoms with Crippen molar-refractivity contribution < 1.29 is 4.74 Å². The normalized spacial score (nSPS) is 19.2. The summed E-state index contributed by atoms with van der Waals surface area (Å²) in [7, 11) is 0. The lowest BCUT2D eigenvalue weighted by Crippen LogP contribution is -2.15. The Morgan fingerprint density at radius 2 is 2.18 bits per heavy atom. The number of rotatable bonds is 6. The van der Waals surface area contributed by atoms with Crippen LogP contribution >= 0.6 is 0 Å². The maximum atomic E-state index is 5.34. The summed E-state index contributed by atoms with van der Waals surface area (Å²) in [6, 6.07) is 1.95. The lowest BCUT2D eigenvalue weighted by Gasteiger charge is -2.10. The van der Waals surface area contributed by atoms with Gasteiger partial charge in [0, 0.05) is 31.7 Å². The Morgan fingerprint density at radius 3 is 2.88 bits per heavy atom. The minimum absolute atomic E-state index is 0.608. The van der Waals surface area contributed by atoms with Gasteiger partial charge in [-0.2, -0.15) is 0 Å². The first-order chi connectivity index (χ1) is 8.38. The zero-order valence-electron chi connectivity index (χ0n) is 10.3. The second-order valence-corrected chi connectivity index (χ2v) is 4.33. The quantitative estimate of drug-likeness (QED) is 0.788. The molecule has 2 heterocycles. The van der Waals surface area contributed by atoms with E-state index in [9.17, 15) is 0 Å². The zero-order chi connectivity index (χ0) is 11.9. The van der Waals surface area contributed by atoms with E-state index in [1.54, 1.807) is 6.33 Å². The maximum Gasteiger partial charge on any atom is 0.131 e. The standard InChI is InChI=1S/C12H20N4O/c1-2-4-13-11-6-12(16-9-15-11)14-7-10-3-5-17-8-10/h6,9-10H,2-5,7-8H2,1H3,(H2,13,14,15,16). The summed E-state index contributed by atoms with van der Waals surface area (Å²) >= 11 is 0. The predicted molar refractivity (Wildman–Crippen MR) is 68.2 cm³/mol. The van der Waals surface area contributed by atoms with Crippen molar-refractivity contribution in [1.82, 2.24) is 9.97 Å². The van der Waals surface area contributed by atoms with Crippen LogP contribution in [0.4, 0.5) is 11.6 Å². The summed E-state index contributed by atoms with van der Waals surface area (Å²) in [4.78, 5) is 8.38. The van der Waals surface area contributed by atoms with Crippen molar-refractivity contribution in [2.75, 3.05) is 36.9 Å². The summed E-state index contributed by atoms with van der Waals surface area (Å²) in [5.74, 6) is 2.37. The summed E-state index contributed by atoms with van der Waals surface area (Å²) in [5.41, 5.74) is 0. The molecule has 2 N–H and O–H groups in total. The predicted octanol–water partition coefficient (Wildman–Crippen LogP) is 1.75. The first-order valence-electron chi connectivity index (χ1n) is 6.26. The van der Waals surface area contributed by atoms with Crippen LogP contribution in [0, 0.1) is 5.92 Å². The van der Waals surface area contributed by atoms with Crippen LogP contribution in [-0.2, 0) is 4.74 Å². The topological polar surface area (TPSA) is 59.1 Å². The molecule has 1 aliphatic heterocycles. The molecule has 1 aromatic heterocycles. The zero-order valence-corrected chi connectivity index (χ0v) is 10.3. The minimum Gasteiger partial charge on any atom is -0.381 e. The SMILES string of the molecule is CCCNc1cc(NCC2CCOC2)ncn1. The van der Waals surface area contributed by atoms with E-state index >= 15 is 0 Å². The molecule has 0 aromatic carbocycles. The van der Waals surface area contributed by atoms with Crippen LogP contribution in [0.25, 0.3) is 0 Å². The van der Waals surface area contributed by atoms with Gasteiger partial charge in [0.05, 0.1) is 6.61 Å². The molecule has 0 aliphatic carbocycles. The molecule has 1 aliphatic rings. The molecule has 5 heteroatoms. The van der Waals surface area contributed by atoms with Crippen molar-refractivity contribution in [3.05, 3.63) is 12.4 Å².